The van der Waals surface area contributed by atoms with Crippen molar-refractivity contribution in [2.24, 2.45) is 0 Å². The van der Waals surface area contributed by atoms with Gasteiger partial charge in [-0.1, -0.05) is 192 Å². The Hall–Kier alpha value is -1.63. The van der Waals surface area contributed by atoms with Crippen molar-refractivity contribution < 1.29 is 44.9 Å². The van der Waals surface area contributed by atoms with E-state index in [4.69, 9.17) is 9.47 Å². The highest BCUT2D eigenvalue weighted by atomic mass is 16.7. The standard InChI is InChI=1S/C48H89NO9/c1-3-5-7-9-11-13-15-17-18-19-20-21-22-23-25-27-29-31-33-35-37-42(52)47(56)49-40(39-57-48-46(55)45(54)44(53)43(38-50)58-48)41(51)36-34-32-30-28-26-24-16-14-12-10-8-6-4-2/h12,14,26,28,34,36,40-46,48,50-55H,3-11,13,15-25,27,29-33,35,37-39H2,1-2H3,(H,49,56)/b14-12+,28-26+,36-34+. The zero-order valence-corrected chi connectivity index (χ0v) is 36.9. The first-order valence-electron chi connectivity index (χ1n) is 23.8. The fraction of sp³-hybridized carbons (Fsp3) is 0.854. The molecule has 0 saturated carbocycles. The predicted molar refractivity (Wildman–Crippen MR) is 236 cm³/mol. The molecule has 10 heteroatoms. The molecule has 10 nitrogen and oxygen atoms in total. The molecule has 58 heavy (non-hydrogen) atoms. The highest BCUT2D eigenvalue weighted by molar-refractivity contribution is 5.80. The van der Waals surface area contributed by atoms with Crippen LogP contribution in [0.15, 0.2) is 36.5 Å². The Bertz CT molecular complexity index is 1020. The maximum absolute atomic E-state index is 13.0. The van der Waals surface area contributed by atoms with Crippen LogP contribution < -0.4 is 5.32 Å². The molecule has 1 rings (SSSR count). The summed E-state index contributed by atoms with van der Waals surface area (Å²) in [5.74, 6) is -0.630. The molecule has 0 aromatic rings. The molecule has 0 aliphatic carbocycles. The molecule has 1 amide bonds. The van der Waals surface area contributed by atoms with Crippen molar-refractivity contribution >= 4 is 5.91 Å². The smallest absolute Gasteiger partial charge is 0.249 e. The number of allylic oxidation sites excluding steroid dienone is 5. The number of rotatable bonds is 39. The number of unbranched alkanes of at least 4 members (excludes halogenated alkanes) is 24. The minimum absolute atomic E-state index is 0.304. The molecule has 1 aliphatic rings. The zero-order valence-electron chi connectivity index (χ0n) is 36.9. The number of amides is 1. The monoisotopic (exact) mass is 824 g/mol. The third kappa shape index (κ3) is 28.0. The van der Waals surface area contributed by atoms with E-state index in [1.165, 1.54) is 122 Å². The molecule has 0 aromatic heterocycles. The summed E-state index contributed by atoms with van der Waals surface area (Å²) in [5.41, 5.74) is 0. The molecule has 0 aromatic carbocycles. The van der Waals surface area contributed by atoms with E-state index in [0.29, 0.717) is 19.3 Å². The maximum atomic E-state index is 13.0. The lowest BCUT2D eigenvalue weighted by atomic mass is 9.99. The quantitative estimate of drug-likeness (QED) is 0.0236. The SMILES string of the molecule is CCCCC/C=C/CC/C=C/CC/C=C/C(O)C(COC1OC(CO)C(O)C(O)C1O)NC(=O)C(O)CCCCCCCCCCCCCCCCCCCCCC. The Balaban J connectivity index is 2.38. The van der Waals surface area contributed by atoms with Crippen LogP contribution in [0.4, 0.5) is 0 Å². The van der Waals surface area contributed by atoms with Crippen LogP contribution in [-0.4, -0.2) is 98.7 Å². The van der Waals surface area contributed by atoms with Gasteiger partial charge in [-0.25, -0.2) is 0 Å². The second-order valence-electron chi connectivity index (χ2n) is 16.7. The first-order valence-corrected chi connectivity index (χ1v) is 23.8. The van der Waals surface area contributed by atoms with Gasteiger partial charge in [-0.3, -0.25) is 4.79 Å². The summed E-state index contributed by atoms with van der Waals surface area (Å²) in [5, 5.41) is 64.6. The minimum atomic E-state index is -1.62. The number of hydrogen-bond acceptors (Lipinski definition) is 9. The van der Waals surface area contributed by atoms with Gasteiger partial charge in [-0.15, -0.1) is 0 Å². The lowest BCUT2D eigenvalue weighted by Gasteiger charge is -2.40. The van der Waals surface area contributed by atoms with Crippen LogP contribution >= 0.6 is 0 Å². The van der Waals surface area contributed by atoms with Gasteiger partial charge < -0.3 is 45.4 Å². The summed E-state index contributed by atoms with van der Waals surface area (Å²) in [6.07, 6.45) is 36.7. The van der Waals surface area contributed by atoms with E-state index in [0.717, 1.165) is 44.9 Å². The number of ether oxygens (including phenoxy) is 2. The Morgan fingerprint density at radius 1 is 0.586 bits per heavy atom. The number of carbonyl (C=O) groups is 1. The summed E-state index contributed by atoms with van der Waals surface area (Å²) >= 11 is 0. The van der Waals surface area contributed by atoms with Crippen molar-refractivity contribution in [1.82, 2.24) is 5.32 Å². The first kappa shape index (κ1) is 54.4. The van der Waals surface area contributed by atoms with Crippen LogP contribution in [0.2, 0.25) is 0 Å². The molecule has 340 valence electrons. The van der Waals surface area contributed by atoms with E-state index < -0.39 is 61.5 Å². The highest BCUT2D eigenvalue weighted by Crippen LogP contribution is 2.23. The summed E-state index contributed by atoms with van der Waals surface area (Å²) < 4.78 is 11.1. The van der Waals surface area contributed by atoms with Gasteiger partial charge in [0.25, 0.3) is 0 Å². The van der Waals surface area contributed by atoms with Crippen molar-refractivity contribution in [1.29, 1.82) is 0 Å². The van der Waals surface area contributed by atoms with Gasteiger partial charge in [0.2, 0.25) is 5.91 Å². The Labute approximate surface area is 354 Å². The Kier molecular flexibility index (Phi) is 35.9. The fourth-order valence-electron chi connectivity index (χ4n) is 7.37. The molecular formula is C48H89NO9. The van der Waals surface area contributed by atoms with Gasteiger partial charge in [-0.2, -0.15) is 0 Å². The van der Waals surface area contributed by atoms with Crippen LogP contribution in [0.5, 0.6) is 0 Å². The van der Waals surface area contributed by atoms with E-state index in [2.05, 4.69) is 43.5 Å². The van der Waals surface area contributed by atoms with Gasteiger partial charge in [0.1, 0.15) is 30.5 Å². The van der Waals surface area contributed by atoms with Crippen LogP contribution in [0.1, 0.15) is 200 Å². The number of nitrogens with one attached hydrogen (secondary N) is 1. The molecule has 8 unspecified atom stereocenters. The molecular weight excluding hydrogens is 735 g/mol. The van der Waals surface area contributed by atoms with E-state index in [-0.39, 0.29) is 6.61 Å². The lowest BCUT2D eigenvalue weighted by molar-refractivity contribution is -0.302. The lowest BCUT2D eigenvalue weighted by Crippen LogP contribution is -2.60. The van der Waals surface area contributed by atoms with E-state index in [1.54, 1.807) is 6.08 Å². The Morgan fingerprint density at radius 3 is 1.50 bits per heavy atom. The summed E-state index contributed by atoms with van der Waals surface area (Å²) in [7, 11) is 0. The third-order valence-electron chi connectivity index (χ3n) is 11.3. The molecule has 0 bridgehead atoms. The van der Waals surface area contributed by atoms with Crippen LogP contribution in [-0.2, 0) is 14.3 Å². The average Bonchev–Trinajstić information content (AvgIpc) is 3.22. The van der Waals surface area contributed by atoms with Gasteiger partial charge in [0.05, 0.1) is 25.4 Å². The van der Waals surface area contributed by atoms with Gasteiger partial charge in [-0.05, 0) is 44.9 Å². The molecule has 1 saturated heterocycles. The number of aliphatic hydroxyl groups excluding tert-OH is 6. The molecule has 0 spiro atoms. The van der Waals surface area contributed by atoms with Crippen molar-refractivity contribution in [2.75, 3.05) is 13.2 Å². The molecule has 8 atom stereocenters. The minimum Gasteiger partial charge on any atom is -0.394 e. The van der Waals surface area contributed by atoms with Crippen LogP contribution in [0.25, 0.3) is 0 Å². The molecule has 7 N–H and O–H groups in total. The van der Waals surface area contributed by atoms with Gasteiger partial charge >= 0.3 is 0 Å². The first-order chi connectivity index (χ1) is 28.3. The van der Waals surface area contributed by atoms with Crippen LogP contribution in [0, 0.1) is 0 Å². The second-order valence-corrected chi connectivity index (χ2v) is 16.7. The molecule has 0 radical (unpaired) electrons. The van der Waals surface area contributed by atoms with Gasteiger partial charge in [0, 0.05) is 0 Å². The second kappa shape index (κ2) is 38.3. The zero-order chi connectivity index (χ0) is 42.5. The van der Waals surface area contributed by atoms with E-state index in [1.807, 2.05) is 6.08 Å². The Morgan fingerprint density at radius 2 is 1.02 bits per heavy atom. The summed E-state index contributed by atoms with van der Waals surface area (Å²) in [6.45, 7) is 3.55. The largest absolute Gasteiger partial charge is 0.394 e. The highest BCUT2D eigenvalue weighted by Gasteiger charge is 2.44. The van der Waals surface area contributed by atoms with Crippen molar-refractivity contribution in [3.63, 3.8) is 0 Å². The number of aliphatic hydroxyl groups is 6. The number of hydrogen-bond donors (Lipinski definition) is 7. The summed E-state index contributed by atoms with van der Waals surface area (Å²) in [6, 6.07) is -1.000. The van der Waals surface area contributed by atoms with Crippen molar-refractivity contribution in [2.45, 2.75) is 249 Å². The molecule has 1 fully saturated rings. The number of carbonyl (C=O) groups excluding carboxylic acids is 1. The summed E-state index contributed by atoms with van der Waals surface area (Å²) in [4.78, 5) is 13.0. The van der Waals surface area contributed by atoms with Crippen LogP contribution in [0.3, 0.4) is 0 Å². The fourth-order valence-corrected chi connectivity index (χ4v) is 7.37. The normalized spacial score (nSPS) is 21.7. The molecule has 1 heterocycles. The third-order valence-corrected chi connectivity index (χ3v) is 11.3. The van der Waals surface area contributed by atoms with E-state index >= 15 is 0 Å². The maximum Gasteiger partial charge on any atom is 0.249 e. The predicted octanol–water partition coefficient (Wildman–Crippen LogP) is 9.03. The van der Waals surface area contributed by atoms with Crippen molar-refractivity contribution in [3.05, 3.63) is 36.5 Å². The average molecular weight is 824 g/mol. The van der Waals surface area contributed by atoms with Crippen molar-refractivity contribution in [3.8, 4) is 0 Å². The van der Waals surface area contributed by atoms with E-state index in [9.17, 15) is 35.4 Å². The topological polar surface area (TPSA) is 169 Å². The van der Waals surface area contributed by atoms with Gasteiger partial charge in [0.15, 0.2) is 6.29 Å². The molecule has 1 aliphatic heterocycles.